The largest absolute Gasteiger partial charge is 0.458 e. The summed E-state index contributed by atoms with van der Waals surface area (Å²) in [5.74, 6) is -0.633. The smallest absolute Gasteiger partial charge is 0.328 e. The van der Waals surface area contributed by atoms with E-state index in [9.17, 15) is 9.59 Å². The van der Waals surface area contributed by atoms with Gasteiger partial charge in [0.1, 0.15) is 11.6 Å². The third-order valence-corrected chi connectivity index (χ3v) is 4.50. The van der Waals surface area contributed by atoms with E-state index in [1.54, 1.807) is 6.92 Å². The van der Waals surface area contributed by atoms with E-state index in [4.69, 9.17) is 4.74 Å². The lowest BCUT2D eigenvalue weighted by Gasteiger charge is -2.30. The van der Waals surface area contributed by atoms with Crippen molar-refractivity contribution in [3.8, 4) is 0 Å². The summed E-state index contributed by atoms with van der Waals surface area (Å²) in [6, 6.07) is 19.0. The first-order chi connectivity index (χ1) is 13.7. The van der Waals surface area contributed by atoms with E-state index in [-0.39, 0.29) is 5.91 Å². The summed E-state index contributed by atoms with van der Waals surface area (Å²) in [4.78, 5) is 27.2. The zero-order valence-corrected chi connectivity index (χ0v) is 18.0. The predicted molar refractivity (Wildman–Crippen MR) is 115 cm³/mol. The van der Waals surface area contributed by atoms with E-state index in [0.29, 0.717) is 13.1 Å². The molecule has 2 aromatic carbocycles. The molecule has 2 aromatic rings. The normalized spacial score (nSPS) is 13.6. The maximum absolute atomic E-state index is 12.9. The monoisotopic (exact) mass is 396 g/mol. The average Bonchev–Trinajstić information content (AvgIpc) is 2.67. The Hall–Kier alpha value is -2.66. The first-order valence-corrected chi connectivity index (χ1v) is 10.0. The number of carbonyl (C=O) groups excluding carboxylic acids is 2. The van der Waals surface area contributed by atoms with Gasteiger partial charge in [0.2, 0.25) is 5.91 Å². The molecule has 1 N–H and O–H groups in total. The van der Waals surface area contributed by atoms with Crippen LogP contribution in [0.15, 0.2) is 60.7 Å². The molecule has 0 saturated carbocycles. The second kappa shape index (κ2) is 10.2. The van der Waals surface area contributed by atoms with E-state index < -0.39 is 23.7 Å². The minimum Gasteiger partial charge on any atom is -0.458 e. The summed E-state index contributed by atoms with van der Waals surface area (Å²) in [7, 11) is 0. The highest BCUT2D eigenvalue weighted by atomic mass is 16.6. The zero-order valence-electron chi connectivity index (χ0n) is 18.0. The van der Waals surface area contributed by atoms with Crippen LogP contribution in [0.3, 0.4) is 0 Å². The quantitative estimate of drug-likeness (QED) is 0.687. The Morgan fingerprint density at radius 1 is 0.897 bits per heavy atom. The highest BCUT2D eigenvalue weighted by Crippen LogP contribution is 2.14. The fraction of sp³-hybridized carbons (Fsp3) is 0.417. The Balaban J connectivity index is 2.09. The molecule has 0 aliphatic rings. The van der Waals surface area contributed by atoms with E-state index in [1.165, 1.54) is 0 Å². The minimum absolute atomic E-state index is 0.199. The maximum Gasteiger partial charge on any atom is 0.328 e. The topological polar surface area (TPSA) is 58.6 Å². The summed E-state index contributed by atoms with van der Waals surface area (Å²) in [6.07, 6.45) is 0. The van der Waals surface area contributed by atoms with Crippen LogP contribution in [0.4, 0.5) is 0 Å². The molecule has 0 bridgehead atoms. The fourth-order valence-electron chi connectivity index (χ4n) is 2.91. The van der Waals surface area contributed by atoms with Crippen molar-refractivity contribution in [2.75, 3.05) is 0 Å². The Morgan fingerprint density at radius 2 is 1.34 bits per heavy atom. The van der Waals surface area contributed by atoms with E-state index in [0.717, 1.165) is 11.1 Å². The SMILES string of the molecule is CC(NC(=O)C(C)N(Cc1ccccc1)Cc1ccccc1)C(=O)OC(C)(C)C. The number of amides is 1. The molecule has 0 aliphatic heterocycles. The molecule has 0 aliphatic carbocycles. The summed E-state index contributed by atoms with van der Waals surface area (Å²) < 4.78 is 5.36. The number of ether oxygens (including phenoxy) is 1. The number of esters is 1. The van der Waals surface area contributed by atoms with Gasteiger partial charge in [0.25, 0.3) is 0 Å². The number of carbonyl (C=O) groups is 2. The number of hydrogen-bond donors (Lipinski definition) is 1. The molecular weight excluding hydrogens is 364 g/mol. The van der Waals surface area contributed by atoms with Gasteiger partial charge in [0.15, 0.2) is 0 Å². The third-order valence-electron chi connectivity index (χ3n) is 4.50. The van der Waals surface area contributed by atoms with Gasteiger partial charge in [-0.1, -0.05) is 60.7 Å². The number of nitrogens with zero attached hydrogens (tertiary/aromatic N) is 1. The molecule has 5 nitrogen and oxygen atoms in total. The molecule has 0 fully saturated rings. The van der Waals surface area contributed by atoms with Crippen LogP contribution < -0.4 is 5.32 Å². The fourth-order valence-corrected chi connectivity index (χ4v) is 2.91. The minimum atomic E-state index is -0.709. The zero-order chi connectivity index (χ0) is 21.4. The van der Waals surface area contributed by atoms with Crippen LogP contribution in [0.2, 0.25) is 0 Å². The second-order valence-electron chi connectivity index (χ2n) is 8.32. The number of hydrogen-bond acceptors (Lipinski definition) is 4. The van der Waals surface area contributed by atoms with Crippen LogP contribution in [0.25, 0.3) is 0 Å². The number of nitrogens with one attached hydrogen (secondary N) is 1. The van der Waals surface area contributed by atoms with Crippen LogP contribution in [0.5, 0.6) is 0 Å². The molecule has 2 atom stereocenters. The second-order valence-corrected chi connectivity index (χ2v) is 8.32. The van der Waals surface area contributed by atoms with Crippen LogP contribution in [0.1, 0.15) is 45.7 Å². The Kier molecular flexibility index (Phi) is 7.97. The standard InChI is InChI=1S/C24H32N2O3/c1-18(23(28)29-24(3,4)5)25-22(27)19(2)26(16-20-12-8-6-9-13-20)17-21-14-10-7-11-15-21/h6-15,18-19H,16-17H2,1-5H3,(H,25,27). The summed E-state index contributed by atoms with van der Waals surface area (Å²) in [5.41, 5.74) is 1.67. The molecule has 156 valence electrons. The lowest BCUT2D eigenvalue weighted by Crippen LogP contribution is -2.50. The highest BCUT2D eigenvalue weighted by molar-refractivity contribution is 5.87. The summed E-state index contributed by atoms with van der Waals surface area (Å²) >= 11 is 0. The Labute approximate surface area is 174 Å². The first-order valence-electron chi connectivity index (χ1n) is 10.0. The van der Waals surface area contributed by atoms with Crippen LogP contribution in [-0.2, 0) is 27.4 Å². The maximum atomic E-state index is 12.9. The van der Waals surface area contributed by atoms with Crippen LogP contribution in [-0.4, -0.2) is 34.5 Å². The summed E-state index contributed by atoms with van der Waals surface area (Å²) in [6.45, 7) is 10.2. The molecule has 0 spiro atoms. The van der Waals surface area contributed by atoms with Gasteiger partial charge in [-0.05, 0) is 45.7 Å². The van der Waals surface area contributed by atoms with Crippen LogP contribution in [0, 0.1) is 0 Å². The number of benzene rings is 2. The third kappa shape index (κ3) is 7.70. The molecule has 2 rings (SSSR count). The molecule has 0 aromatic heterocycles. The van der Waals surface area contributed by atoms with Crippen molar-refractivity contribution in [2.45, 2.75) is 65.4 Å². The van der Waals surface area contributed by atoms with Gasteiger partial charge < -0.3 is 10.1 Å². The lowest BCUT2D eigenvalue weighted by molar-refractivity contribution is -0.158. The molecule has 2 unspecified atom stereocenters. The molecular formula is C24H32N2O3. The van der Waals surface area contributed by atoms with Gasteiger partial charge in [-0.25, -0.2) is 4.79 Å². The van der Waals surface area contributed by atoms with Gasteiger partial charge in [0.05, 0.1) is 6.04 Å². The molecule has 29 heavy (non-hydrogen) atoms. The van der Waals surface area contributed by atoms with Crippen molar-refractivity contribution < 1.29 is 14.3 Å². The first kappa shape index (κ1) is 22.6. The van der Waals surface area contributed by atoms with E-state index in [2.05, 4.69) is 10.2 Å². The molecule has 1 amide bonds. The van der Waals surface area contributed by atoms with Gasteiger partial charge in [-0.15, -0.1) is 0 Å². The summed E-state index contributed by atoms with van der Waals surface area (Å²) in [5, 5.41) is 2.80. The highest BCUT2D eigenvalue weighted by Gasteiger charge is 2.27. The molecule has 0 saturated heterocycles. The predicted octanol–water partition coefficient (Wildman–Crippen LogP) is 3.92. The molecule has 0 heterocycles. The average molecular weight is 397 g/mol. The van der Waals surface area contributed by atoms with Crippen LogP contribution >= 0.6 is 0 Å². The van der Waals surface area contributed by atoms with Crippen molar-refractivity contribution in [3.63, 3.8) is 0 Å². The Bertz CT molecular complexity index is 743. The lowest BCUT2D eigenvalue weighted by atomic mass is 10.1. The Morgan fingerprint density at radius 3 is 1.76 bits per heavy atom. The van der Waals surface area contributed by atoms with Crippen molar-refractivity contribution in [1.82, 2.24) is 10.2 Å². The van der Waals surface area contributed by atoms with E-state index >= 15 is 0 Å². The number of rotatable bonds is 8. The van der Waals surface area contributed by atoms with Crippen molar-refractivity contribution in [1.29, 1.82) is 0 Å². The van der Waals surface area contributed by atoms with Gasteiger partial charge >= 0.3 is 5.97 Å². The molecule has 0 radical (unpaired) electrons. The van der Waals surface area contributed by atoms with Gasteiger partial charge in [-0.2, -0.15) is 0 Å². The van der Waals surface area contributed by atoms with Crippen molar-refractivity contribution in [3.05, 3.63) is 71.8 Å². The molecule has 5 heteroatoms. The van der Waals surface area contributed by atoms with Crippen molar-refractivity contribution >= 4 is 11.9 Å². The van der Waals surface area contributed by atoms with Gasteiger partial charge in [0, 0.05) is 13.1 Å². The van der Waals surface area contributed by atoms with E-state index in [1.807, 2.05) is 88.4 Å². The van der Waals surface area contributed by atoms with Crippen molar-refractivity contribution in [2.24, 2.45) is 0 Å². The van der Waals surface area contributed by atoms with Gasteiger partial charge in [-0.3, -0.25) is 9.69 Å².